The van der Waals surface area contributed by atoms with Crippen molar-refractivity contribution in [3.05, 3.63) is 34.9 Å². The van der Waals surface area contributed by atoms with Gasteiger partial charge in [-0.2, -0.15) is 0 Å². The molecule has 0 saturated heterocycles. The van der Waals surface area contributed by atoms with Crippen LogP contribution in [0.2, 0.25) is 5.02 Å². The second kappa shape index (κ2) is 5.73. The molecule has 0 radical (unpaired) electrons. The lowest BCUT2D eigenvalue weighted by molar-refractivity contribution is -0.137. The Morgan fingerprint density at radius 1 is 1.40 bits per heavy atom. The number of halogens is 1. The van der Waals surface area contributed by atoms with Gasteiger partial charge in [-0.1, -0.05) is 23.7 Å². The van der Waals surface area contributed by atoms with Gasteiger partial charge in [-0.25, -0.2) is 0 Å². The van der Waals surface area contributed by atoms with Crippen LogP contribution in [0.25, 0.3) is 0 Å². The second-order valence-electron chi connectivity index (χ2n) is 3.42. The number of hydrogen-bond acceptors (Lipinski definition) is 2. The zero-order valence-electron chi connectivity index (χ0n) is 8.32. The molecule has 4 heteroatoms. The summed E-state index contributed by atoms with van der Waals surface area (Å²) < 4.78 is 0. The summed E-state index contributed by atoms with van der Waals surface area (Å²) in [4.78, 5) is 10.4. The highest BCUT2D eigenvalue weighted by Crippen LogP contribution is 2.21. The molecule has 1 rings (SSSR count). The Morgan fingerprint density at radius 2 is 2.00 bits per heavy atom. The first-order valence-electron chi connectivity index (χ1n) is 4.81. The molecule has 0 aliphatic rings. The third-order valence-electron chi connectivity index (χ3n) is 2.33. The van der Waals surface area contributed by atoms with E-state index >= 15 is 0 Å². The van der Waals surface area contributed by atoms with Crippen molar-refractivity contribution in [1.29, 1.82) is 0 Å². The molecule has 0 fully saturated rings. The number of nitrogens with two attached hydrogens (primary N) is 1. The smallest absolute Gasteiger partial charge is 0.303 e. The van der Waals surface area contributed by atoms with E-state index in [9.17, 15) is 4.79 Å². The number of rotatable bonds is 5. The molecule has 0 heterocycles. The fourth-order valence-electron chi connectivity index (χ4n) is 1.45. The largest absolute Gasteiger partial charge is 0.481 e. The predicted octanol–water partition coefficient (Wildman–Crippen LogP) is 2.25. The lowest BCUT2D eigenvalue weighted by atomic mass is 9.94. The van der Waals surface area contributed by atoms with Crippen molar-refractivity contribution in [3.63, 3.8) is 0 Å². The molecule has 0 aliphatic heterocycles. The van der Waals surface area contributed by atoms with Gasteiger partial charge in [0.25, 0.3) is 0 Å². The molecule has 0 aliphatic carbocycles. The second-order valence-corrected chi connectivity index (χ2v) is 3.85. The van der Waals surface area contributed by atoms with E-state index in [1.807, 2.05) is 12.1 Å². The van der Waals surface area contributed by atoms with Crippen molar-refractivity contribution in [3.8, 4) is 0 Å². The van der Waals surface area contributed by atoms with E-state index in [1.54, 1.807) is 12.1 Å². The van der Waals surface area contributed by atoms with Crippen molar-refractivity contribution in [2.75, 3.05) is 6.54 Å². The van der Waals surface area contributed by atoms with Gasteiger partial charge in [0, 0.05) is 11.4 Å². The number of hydrogen-bond donors (Lipinski definition) is 2. The Hall–Kier alpha value is -1.06. The number of carbonyl (C=O) groups is 1. The maximum absolute atomic E-state index is 10.4. The van der Waals surface area contributed by atoms with Crippen molar-refractivity contribution in [2.24, 2.45) is 5.73 Å². The van der Waals surface area contributed by atoms with Gasteiger partial charge in [0.15, 0.2) is 0 Å². The summed E-state index contributed by atoms with van der Waals surface area (Å²) in [5, 5.41) is 9.26. The van der Waals surface area contributed by atoms with E-state index in [2.05, 4.69) is 0 Å². The van der Waals surface area contributed by atoms with Crippen LogP contribution < -0.4 is 5.73 Å². The van der Waals surface area contributed by atoms with Gasteiger partial charge in [0.2, 0.25) is 0 Å². The molecular formula is C11H14ClNO2. The Morgan fingerprint density at radius 3 is 2.47 bits per heavy atom. The summed E-state index contributed by atoms with van der Waals surface area (Å²) in [7, 11) is 0. The summed E-state index contributed by atoms with van der Waals surface area (Å²) in [5.74, 6) is -0.694. The lowest BCUT2D eigenvalue weighted by Crippen LogP contribution is -2.13. The van der Waals surface area contributed by atoms with Gasteiger partial charge in [0.05, 0.1) is 0 Å². The third-order valence-corrected chi connectivity index (χ3v) is 2.58. The molecule has 0 spiro atoms. The third kappa shape index (κ3) is 3.90. The van der Waals surface area contributed by atoms with Crippen LogP contribution in [0.5, 0.6) is 0 Å². The maximum atomic E-state index is 10.4. The quantitative estimate of drug-likeness (QED) is 0.811. The molecule has 82 valence electrons. The summed E-state index contributed by atoms with van der Waals surface area (Å²) >= 11 is 5.76. The van der Waals surface area contributed by atoms with E-state index in [0.29, 0.717) is 18.0 Å². The minimum atomic E-state index is -0.789. The molecule has 0 amide bonds. The van der Waals surface area contributed by atoms with Crippen LogP contribution in [-0.4, -0.2) is 17.6 Å². The van der Waals surface area contributed by atoms with Gasteiger partial charge in [-0.05, 0) is 36.6 Å². The molecule has 3 N–H and O–H groups in total. The van der Waals surface area contributed by atoms with Crippen molar-refractivity contribution < 1.29 is 9.90 Å². The van der Waals surface area contributed by atoms with Crippen LogP contribution in [-0.2, 0) is 4.79 Å². The zero-order valence-corrected chi connectivity index (χ0v) is 9.07. The Balaban J connectivity index is 2.65. The van der Waals surface area contributed by atoms with Crippen LogP contribution >= 0.6 is 11.6 Å². The highest BCUT2D eigenvalue weighted by Gasteiger charge is 2.11. The summed E-state index contributed by atoms with van der Waals surface area (Å²) in [6.07, 6.45) is 0.706. The van der Waals surface area contributed by atoms with Gasteiger partial charge in [0.1, 0.15) is 0 Å². The Labute approximate surface area is 93.9 Å². The highest BCUT2D eigenvalue weighted by atomic mass is 35.5. The summed E-state index contributed by atoms with van der Waals surface area (Å²) in [6.45, 7) is 0.453. The topological polar surface area (TPSA) is 63.3 Å². The van der Waals surface area contributed by atoms with Gasteiger partial charge in [-0.15, -0.1) is 0 Å². The first-order valence-corrected chi connectivity index (χ1v) is 5.18. The monoisotopic (exact) mass is 227 g/mol. The molecule has 1 aromatic rings. The van der Waals surface area contributed by atoms with E-state index in [-0.39, 0.29) is 12.3 Å². The first kappa shape index (κ1) is 12.0. The first-order chi connectivity index (χ1) is 7.13. The average molecular weight is 228 g/mol. The minimum Gasteiger partial charge on any atom is -0.481 e. The van der Waals surface area contributed by atoms with Crippen molar-refractivity contribution >= 4 is 17.6 Å². The van der Waals surface area contributed by atoms with Crippen LogP contribution in [0.4, 0.5) is 0 Å². The van der Waals surface area contributed by atoms with E-state index in [4.69, 9.17) is 22.4 Å². The van der Waals surface area contributed by atoms with Crippen LogP contribution in [0.1, 0.15) is 24.3 Å². The number of carboxylic acid groups (broad SMARTS) is 1. The number of aliphatic carboxylic acids is 1. The number of benzene rings is 1. The zero-order chi connectivity index (χ0) is 11.3. The van der Waals surface area contributed by atoms with E-state index < -0.39 is 5.97 Å². The molecule has 3 nitrogen and oxygen atoms in total. The fraction of sp³-hybridized carbons (Fsp3) is 0.364. The highest BCUT2D eigenvalue weighted by molar-refractivity contribution is 6.30. The van der Waals surface area contributed by atoms with E-state index in [1.165, 1.54) is 0 Å². The summed E-state index contributed by atoms with van der Waals surface area (Å²) in [6, 6.07) is 7.37. The maximum Gasteiger partial charge on any atom is 0.303 e. The SMILES string of the molecule is NC[C@@H](CCC(=O)O)c1ccc(Cl)cc1. The van der Waals surface area contributed by atoms with Crippen molar-refractivity contribution in [1.82, 2.24) is 0 Å². The molecule has 0 aromatic heterocycles. The molecule has 0 saturated carbocycles. The lowest BCUT2D eigenvalue weighted by Gasteiger charge is -2.13. The Kier molecular flexibility index (Phi) is 4.59. The molecule has 0 bridgehead atoms. The van der Waals surface area contributed by atoms with Crippen LogP contribution in [0, 0.1) is 0 Å². The van der Waals surface area contributed by atoms with Crippen LogP contribution in [0.15, 0.2) is 24.3 Å². The minimum absolute atomic E-state index is 0.0957. The normalized spacial score (nSPS) is 12.4. The summed E-state index contributed by atoms with van der Waals surface area (Å²) in [5.41, 5.74) is 6.65. The predicted molar refractivity (Wildman–Crippen MR) is 60.1 cm³/mol. The van der Waals surface area contributed by atoms with Crippen molar-refractivity contribution in [2.45, 2.75) is 18.8 Å². The molecule has 0 unspecified atom stereocenters. The number of carboxylic acids is 1. The Bertz CT molecular complexity index is 324. The van der Waals surface area contributed by atoms with Gasteiger partial charge in [-0.3, -0.25) is 4.79 Å². The average Bonchev–Trinajstić information content (AvgIpc) is 2.21. The molecule has 1 aromatic carbocycles. The standard InChI is InChI=1S/C11H14ClNO2/c12-10-4-1-8(2-5-10)9(7-13)3-6-11(14)15/h1-2,4-5,9H,3,6-7,13H2,(H,14,15)/t9-/m1/s1. The van der Waals surface area contributed by atoms with Gasteiger partial charge < -0.3 is 10.8 Å². The fourth-order valence-corrected chi connectivity index (χ4v) is 1.58. The molecular weight excluding hydrogens is 214 g/mol. The van der Waals surface area contributed by atoms with Crippen LogP contribution in [0.3, 0.4) is 0 Å². The van der Waals surface area contributed by atoms with Gasteiger partial charge >= 0.3 is 5.97 Å². The van der Waals surface area contributed by atoms with E-state index in [0.717, 1.165) is 5.56 Å². The molecule has 15 heavy (non-hydrogen) atoms. The molecule has 1 atom stereocenters.